The van der Waals surface area contributed by atoms with Crippen molar-refractivity contribution in [3.05, 3.63) is 57.8 Å². The predicted octanol–water partition coefficient (Wildman–Crippen LogP) is 4.18. The molecule has 0 aliphatic carbocycles. The van der Waals surface area contributed by atoms with Gasteiger partial charge < -0.3 is 9.88 Å². The van der Waals surface area contributed by atoms with E-state index in [0.717, 1.165) is 12.1 Å². The largest absolute Gasteiger partial charge is 0.353 e. The average molecular weight is 283 g/mol. The second-order valence-electron chi connectivity index (χ2n) is 4.38. The van der Waals surface area contributed by atoms with Crippen molar-refractivity contribution >= 4 is 23.2 Å². The molecule has 1 N–H and O–H groups in total. The maximum absolute atomic E-state index is 6.19. The number of rotatable bonds is 4. The highest BCUT2D eigenvalue weighted by molar-refractivity contribution is 6.35. The summed E-state index contributed by atoms with van der Waals surface area (Å²) < 4.78 is 2.10. The maximum Gasteiger partial charge on any atom is 0.0468 e. The van der Waals surface area contributed by atoms with Crippen LogP contribution in [0.25, 0.3) is 0 Å². The normalized spacial score (nSPS) is 12.7. The predicted molar refractivity (Wildman–Crippen MR) is 77.1 cm³/mol. The minimum absolute atomic E-state index is 0.185. The molecule has 1 heterocycles. The van der Waals surface area contributed by atoms with E-state index in [-0.39, 0.29) is 6.04 Å². The van der Waals surface area contributed by atoms with Gasteiger partial charge in [-0.3, -0.25) is 0 Å². The van der Waals surface area contributed by atoms with Crippen LogP contribution >= 0.6 is 23.2 Å². The van der Waals surface area contributed by atoms with E-state index in [1.54, 1.807) is 6.07 Å². The van der Waals surface area contributed by atoms with Crippen molar-refractivity contribution in [2.75, 3.05) is 0 Å². The number of nitrogens with zero attached hydrogens (tertiary/aromatic N) is 1. The van der Waals surface area contributed by atoms with E-state index in [0.29, 0.717) is 10.0 Å². The third kappa shape index (κ3) is 3.08. The van der Waals surface area contributed by atoms with Crippen molar-refractivity contribution in [1.82, 2.24) is 9.88 Å². The highest BCUT2D eigenvalue weighted by Crippen LogP contribution is 2.26. The number of nitrogens with one attached hydrogen (secondary N) is 1. The van der Waals surface area contributed by atoms with Crippen LogP contribution in [0.5, 0.6) is 0 Å². The number of hydrogen-bond acceptors (Lipinski definition) is 1. The van der Waals surface area contributed by atoms with Crippen LogP contribution in [0.3, 0.4) is 0 Å². The molecule has 0 saturated carbocycles. The average Bonchev–Trinajstić information content (AvgIpc) is 2.72. The maximum atomic E-state index is 6.19. The van der Waals surface area contributed by atoms with Gasteiger partial charge in [0.2, 0.25) is 0 Å². The van der Waals surface area contributed by atoms with Gasteiger partial charge in [0.15, 0.2) is 0 Å². The smallest absolute Gasteiger partial charge is 0.0468 e. The molecular formula is C14H16Cl2N2. The Labute approximate surface area is 118 Å². The Morgan fingerprint density at radius 1 is 1.28 bits per heavy atom. The minimum Gasteiger partial charge on any atom is -0.353 e. The SMILES string of the molecule is CC(NCc1cccn1C)c1ccc(Cl)cc1Cl. The Bertz CT molecular complexity index is 534. The van der Waals surface area contributed by atoms with Gasteiger partial charge >= 0.3 is 0 Å². The molecule has 2 rings (SSSR count). The Kier molecular flexibility index (Phi) is 4.33. The Morgan fingerprint density at radius 3 is 2.67 bits per heavy atom. The van der Waals surface area contributed by atoms with Gasteiger partial charge in [-0.25, -0.2) is 0 Å². The monoisotopic (exact) mass is 282 g/mol. The first-order chi connectivity index (χ1) is 8.58. The van der Waals surface area contributed by atoms with Crippen LogP contribution in [-0.2, 0) is 13.6 Å². The molecule has 0 amide bonds. The van der Waals surface area contributed by atoms with Crippen molar-refractivity contribution in [3.63, 3.8) is 0 Å². The molecule has 18 heavy (non-hydrogen) atoms. The summed E-state index contributed by atoms with van der Waals surface area (Å²) in [5.74, 6) is 0. The molecule has 2 aromatic rings. The molecule has 1 atom stereocenters. The summed E-state index contributed by atoms with van der Waals surface area (Å²) in [7, 11) is 2.04. The van der Waals surface area contributed by atoms with Gasteiger partial charge in [-0.05, 0) is 36.8 Å². The standard InChI is InChI=1S/C14H16Cl2N2/c1-10(13-6-5-11(15)8-14(13)16)17-9-12-4-3-7-18(12)2/h3-8,10,17H,9H2,1-2H3. The summed E-state index contributed by atoms with van der Waals surface area (Å²) in [5.41, 5.74) is 2.31. The van der Waals surface area contributed by atoms with Gasteiger partial charge in [-0.15, -0.1) is 0 Å². The molecule has 0 radical (unpaired) electrons. The Balaban J connectivity index is 2.03. The van der Waals surface area contributed by atoms with Gasteiger partial charge in [-0.1, -0.05) is 29.3 Å². The summed E-state index contributed by atoms with van der Waals surface area (Å²) in [6, 6.07) is 9.93. The molecule has 1 unspecified atom stereocenters. The second kappa shape index (κ2) is 5.79. The zero-order valence-corrected chi connectivity index (χ0v) is 12.0. The number of aromatic nitrogens is 1. The zero-order valence-electron chi connectivity index (χ0n) is 10.5. The minimum atomic E-state index is 0.185. The lowest BCUT2D eigenvalue weighted by molar-refractivity contribution is 0.558. The van der Waals surface area contributed by atoms with E-state index in [2.05, 4.69) is 22.9 Å². The second-order valence-corrected chi connectivity index (χ2v) is 5.22. The number of benzene rings is 1. The van der Waals surface area contributed by atoms with Crippen LogP contribution in [0.15, 0.2) is 36.5 Å². The third-order valence-corrected chi connectivity index (χ3v) is 3.63. The van der Waals surface area contributed by atoms with Crippen molar-refractivity contribution in [2.45, 2.75) is 19.5 Å². The molecule has 0 spiro atoms. The fourth-order valence-electron chi connectivity index (χ4n) is 1.90. The zero-order chi connectivity index (χ0) is 13.1. The van der Waals surface area contributed by atoms with Crippen molar-refractivity contribution in [1.29, 1.82) is 0 Å². The van der Waals surface area contributed by atoms with Crippen LogP contribution in [0.2, 0.25) is 10.0 Å². The van der Waals surface area contributed by atoms with Crippen molar-refractivity contribution in [3.8, 4) is 0 Å². The third-order valence-electron chi connectivity index (χ3n) is 3.07. The molecule has 96 valence electrons. The lowest BCUT2D eigenvalue weighted by Crippen LogP contribution is -2.19. The fourth-order valence-corrected chi connectivity index (χ4v) is 2.47. The van der Waals surface area contributed by atoms with E-state index in [4.69, 9.17) is 23.2 Å². The molecular weight excluding hydrogens is 267 g/mol. The highest BCUT2D eigenvalue weighted by atomic mass is 35.5. The molecule has 2 nitrogen and oxygen atoms in total. The molecule has 0 aliphatic heterocycles. The van der Waals surface area contributed by atoms with E-state index in [9.17, 15) is 0 Å². The van der Waals surface area contributed by atoms with Crippen molar-refractivity contribution < 1.29 is 0 Å². The highest BCUT2D eigenvalue weighted by Gasteiger charge is 2.10. The van der Waals surface area contributed by atoms with Gasteiger partial charge in [0.05, 0.1) is 0 Å². The summed E-state index contributed by atoms with van der Waals surface area (Å²) in [4.78, 5) is 0. The van der Waals surface area contributed by atoms with Crippen LogP contribution in [0.1, 0.15) is 24.2 Å². The van der Waals surface area contributed by atoms with E-state index in [1.807, 2.05) is 31.4 Å². The van der Waals surface area contributed by atoms with Crippen LogP contribution in [0.4, 0.5) is 0 Å². The van der Waals surface area contributed by atoms with Crippen LogP contribution in [0, 0.1) is 0 Å². The first kappa shape index (κ1) is 13.5. The molecule has 4 heteroatoms. The Morgan fingerprint density at radius 2 is 2.06 bits per heavy atom. The van der Waals surface area contributed by atoms with E-state index in [1.165, 1.54) is 5.69 Å². The number of aryl methyl sites for hydroxylation is 1. The number of hydrogen-bond donors (Lipinski definition) is 1. The molecule has 0 saturated heterocycles. The summed E-state index contributed by atoms with van der Waals surface area (Å²) in [6.45, 7) is 2.90. The molecule has 0 aliphatic rings. The molecule has 1 aromatic heterocycles. The van der Waals surface area contributed by atoms with Crippen molar-refractivity contribution in [2.24, 2.45) is 7.05 Å². The van der Waals surface area contributed by atoms with Crippen LogP contribution < -0.4 is 5.32 Å². The van der Waals surface area contributed by atoms with Gasteiger partial charge in [0.1, 0.15) is 0 Å². The first-order valence-corrected chi connectivity index (χ1v) is 6.62. The molecule has 1 aromatic carbocycles. The van der Waals surface area contributed by atoms with Gasteiger partial charge in [0, 0.05) is 41.6 Å². The van der Waals surface area contributed by atoms with Gasteiger partial charge in [0.25, 0.3) is 0 Å². The van der Waals surface area contributed by atoms with E-state index >= 15 is 0 Å². The molecule has 0 bridgehead atoms. The summed E-state index contributed by atoms with van der Waals surface area (Å²) in [5, 5.41) is 4.82. The lowest BCUT2D eigenvalue weighted by atomic mass is 10.1. The molecule has 0 fully saturated rings. The first-order valence-electron chi connectivity index (χ1n) is 5.86. The van der Waals surface area contributed by atoms with E-state index < -0.39 is 0 Å². The fraction of sp³-hybridized carbons (Fsp3) is 0.286. The Hall–Kier alpha value is -0.960. The summed E-state index contributed by atoms with van der Waals surface area (Å²) >= 11 is 12.1. The topological polar surface area (TPSA) is 17.0 Å². The number of halogens is 2. The van der Waals surface area contributed by atoms with Crippen LogP contribution in [-0.4, -0.2) is 4.57 Å². The quantitative estimate of drug-likeness (QED) is 0.890. The summed E-state index contributed by atoms with van der Waals surface area (Å²) in [6.07, 6.45) is 2.04. The lowest BCUT2D eigenvalue weighted by Gasteiger charge is -2.16. The van der Waals surface area contributed by atoms with Gasteiger partial charge in [-0.2, -0.15) is 0 Å².